The summed E-state index contributed by atoms with van der Waals surface area (Å²) in [6.07, 6.45) is 0.0236. The zero-order valence-electron chi connectivity index (χ0n) is 10.6. The smallest absolute Gasteiger partial charge is 0.304 e. The lowest BCUT2D eigenvalue weighted by atomic mass is 10.0. The maximum absolute atomic E-state index is 10.5. The van der Waals surface area contributed by atoms with E-state index in [9.17, 15) is 9.90 Å². The van der Waals surface area contributed by atoms with Gasteiger partial charge in [-0.3, -0.25) is 9.69 Å². The average Bonchev–Trinajstić information content (AvgIpc) is 2.34. The number of carboxylic acids is 1. The molecule has 98 valence electrons. The summed E-state index contributed by atoms with van der Waals surface area (Å²) in [6, 6.07) is 7.81. The van der Waals surface area contributed by atoms with Crippen molar-refractivity contribution in [2.75, 3.05) is 13.3 Å². The Morgan fingerprint density at radius 2 is 2.06 bits per heavy atom. The summed E-state index contributed by atoms with van der Waals surface area (Å²) in [5.41, 5.74) is 3.05. The molecule has 0 fully saturated rings. The van der Waals surface area contributed by atoms with Gasteiger partial charge in [-0.1, -0.05) is 36.4 Å². The van der Waals surface area contributed by atoms with Gasteiger partial charge in [-0.25, -0.2) is 0 Å². The fourth-order valence-corrected chi connectivity index (χ4v) is 1.77. The SMILES string of the molecule is C=C(C)c1ccccc1CN(CO)CCC(=O)O. The fraction of sp³-hybridized carbons (Fsp3) is 0.357. The van der Waals surface area contributed by atoms with E-state index in [1.165, 1.54) is 0 Å². The van der Waals surface area contributed by atoms with Crippen molar-refractivity contribution in [1.29, 1.82) is 0 Å². The van der Waals surface area contributed by atoms with Gasteiger partial charge in [-0.2, -0.15) is 0 Å². The Morgan fingerprint density at radius 3 is 2.61 bits per heavy atom. The molecule has 1 rings (SSSR count). The molecule has 0 aliphatic carbocycles. The molecule has 0 unspecified atom stereocenters. The summed E-state index contributed by atoms with van der Waals surface area (Å²) in [4.78, 5) is 12.2. The predicted molar refractivity (Wildman–Crippen MR) is 70.9 cm³/mol. The molecule has 0 spiro atoms. The van der Waals surface area contributed by atoms with Crippen LogP contribution in [0.3, 0.4) is 0 Å². The molecule has 0 atom stereocenters. The number of rotatable bonds is 7. The molecule has 0 aliphatic heterocycles. The van der Waals surface area contributed by atoms with E-state index in [1.807, 2.05) is 31.2 Å². The molecule has 2 N–H and O–H groups in total. The van der Waals surface area contributed by atoms with Crippen LogP contribution in [-0.2, 0) is 11.3 Å². The number of aliphatic hydroxyl groups excluding tert-OH is 1. The van der Waals surface area contributed by atoms with Crippen LogP contribution in [0.15, 0.2) is 30.8 Å². The minimum Gasteiger partial charge on any atom is -0.481 e. The summed E-state index contributed by atoms with van der Waals surface area (Å²) < 4.78 is 0. The zero-order chi connectivity index (χ0) is 13.5. The van der Waals surface area contributed by atoms with Crippen LogP contribution in [0.4, 0.5) is 0 Å². The number of aliphatic carboxylic acids is 1. The highest BCUT2D eigenvalue weighted by atomic mass is 16.4. The summed E-state index contributed by atoms with van der Waals surface area (Å²) in [6.45, 7) is 6.54. The summed E-state index contributed by atoms with van der Waals surface area (Å²) >= 11 is 0. The van der Waals surface area contributed by atoms with Crippen LogP contribution in [0.5, 0.6) is 0 Å². The predicted octanol–water partition coefficient (Wildman–Crippen LogP) is 1.95. The topological polar surface area (TPSA) is 60.8 Å². The molecule has 0 radical (unpaired) electrons. The monoisotopic (exact) mass is 249 g/mol. The third-order valence-electron chi connectivity index (χ3n) is 2.71. The third kappa shape index (κ3) is 4.31. The molecular formula is C14H19NO3. The van der Waals surface area contributed by atoms with E-state index < -0.39 is 5.97 Å². The van der Waals surface area contributed by atoms with E-state index in [2.05, 4.69) is 6.58 Å². The second-order valence-electron chi connectivity index (χ2n) is 4.28. The summed E-state index contributed by atoms with van der Waals surface area (Å²) in [7, 11) is 0. The zero-order valence-corrected chi connectivity index (χ0v) is 10.6. The van der Waals surface area contributed by atoms with Gasteiger partial charge in [-0.05, 0) is 18.1 Å². The first-order valence-electron chi connectivity index (χ1n) is 5.83. The summed E-state index contributed by atoms with van der Waals surface area (Å²) in [5.74, 6) is -0.860. The number of allylic oxidation sites excluding steroid dienone is 1. The van der Waals surface area contributed by atoms with Crippen LogP contribution in [0, 0.1) is 0 Å². The van der Waals surface area contributed by atoms with Gasteiger partial charge in [0.25, 0.3) is 0 Å². The second-order valence-corrected chi connectivity index (χ2v) is 4.28. The number of hydrogen-bond acceptors (Lipinski definition) is 3. The highest BCUT2D eigenvalue weighted by molar-refractivity contribution is 5.67. The van der Waals surface area contributed by atoms with Crippen molar-refractivity contribution in [3.05, 3.63) is 42.0 Å². The van der Waals surface area contributed by atoms with Gasteiger partial charge < -0.3 is 10.2 Å². The van der Waals surface area contributed by atoms with Gasteiger partial charge >= 0.3 is 5.97 Å². The van der Waals surface area contributed by atoms with Gasteiger partial charge in [0.05, 0.1) is 13.2 Å². The number of aliphatic hydroxyl groups is 1. The molecule has 18 heavy (non-hydrogen) atoms. The van der Waals surface area contributed by atoms with Gasteiger partial charge in [0, 0.05) is 13.1 Å². The highest BCUT2D eigenvalue weighted by Crippen LogP contribution is 2.18. The number of nitrogens with zero attached hydrogens (tertiary/aromatic N) is 1. The molecule has 0 bridgehead atoms. The van der Waals surface area contributed by atoms with Crippen molar-refractivity contribution in [3.8, 4) is 0 Å². The standard InChI is InChI=1S/C14H19NO3/c1-11(2)13-6-4-3-5-12(13)9-15(10-16)8-7-14(17)18/h3-6,16H,1,7-10H2,2H3,(H,17,18). The third-order valence-corrected chi connectivity index (χ3v) is 2.71. The van der Waals surface area contributed by atoms with Crippen molar-refractivity contribution in [1.82, 2.24) is 4.90 Å². The van der Waals surface area contributed by atoms with E-state index in [0.29, 0.717) is 13.1 Å². The fourth-order valence-electron chi connectivity index (χ4n) is 1.77. The number of carbonyl (C=O) groups is 1. The van der Waals surface area contributed by atoms with E-state index >= 15 is 0 Å². The van der Waals surface area contributed by atoms with Crippen LogP contribution in [-0.4, -0.2) is 34.4 Å². The van der Waals surface area contributed by atoms with Crippen LogP contribution < -0.4 is 0 Å². The Kier molecular flexibility index (Phi) is 5.55. The number of carboxylic acid groups (broad SMARTS) is 1. The molecule has 1 aromatic rings. The molecule has 4 heteroatoms. The van der Waals surface area contributed by atoms with Crippen LogP contribution in [0.1, 0.15) is 24.5 Å². The van der Waals surface area contributed by atoms with Crippen molar-refractivity contribution in [3.63, 3.8) is 0 Å². The van der Waals surface area contributed by atoms with Crippen molar-refractivity contribution in [2.45, 2.75) is 19.9 Å². The molecule has 4 nitrogen and oxygen atoms in total. The van der Waals surface area contributed by atoms with Crippen LogP contribution in [0.2, 0.25) is 0 Å². The Bertz CT molecular complexity index is 429. The Hall–Kier alpha value is -1.65. The minimum atomic E-state index is -0.860. The molecule has 0 aromatic heterocycles. The first kappa shape index (κ1) is 14.4. The normalized spacial score (nSPS) is 10.6. The van der Waals surface area contributed by atoms with Crippen LogP contribution >= 0.6 is 0 Å². The molecule has 0 heterocycles. The highest BCUT2D eigenvalue weighted by Gasteiger charge is 2.10. The van der Waals surface area contributed by atoms with E-state index in [1.54, 1.807) is 4.90 Å². The Morgan fingerprint density at radius 1 is 1.39 bits per heavy atom. The Labute approximate surface area is 107 Å². The lowest BCUT2D eigenvalue weighted by Crippen LogP contribution is -2.27. The van der Waals surface area contributed by atoms with Crippen molar-refractivity contribution in [2.24, 2.45) is 0 Å². The van der Waals surface area contributed by atoms with Crippen LogP contribution in [0.25, 0.3) is 5.57 Å². The van der Waals surface area contributed by atoms with Crippen molar-refractivity contribution < 1.29 is 15.0 Å². The quantitative estimate of drug-likeness (QED) is 0.725. The second kappa shape index (κ2) is 6.93. The molecule has 0 saturated carbocycles. The Balaban J connectivity index is 2.75. The average molecular weight is 249 g/mol. The first-order valence-corrected chi connectivity index (χ1v) is 5.83. The lowest BCUT2D eigenvalue weighted by molar-refractivity contribution is -0.137. The van der Waals surface area contributed by atoms with Gasteiger partial charge in [0.15, 0.2) is 0 Å². The first-order chi connectivity index (χ1) is 8.54. The van der Waals surface area contributed by atoms with Gasteiger partial charge in [-0.15, -0.1) is 0 Å². The molecular weight excluding hydrogens is 230 g/mol. The molecule has 0 aliphatic rings. The van der Waals surface area contributed by atoms with E-state index in [0.717, 1.165) is 16.7 Å². The molecule has 0 amide bonds. The van der Waals surface area contributed by atoms with Crippen molar-refractivity contribution >= 4 is 11.5 Å². The maximum atomic E-state index is 10.5. The van der Waals surface area contributed by atoms with E-state index in [4.69, 9.17) is 5.11 Å². The van der Waals surface area contributed by atoms with Gasteiger partial charge in [0.1, 0.15) is 0 Å². The largest absolute Gasteiger partial charge is 0.481 e. The lowest BCUT2D eigenvalue weighted by Gasteiger charge is -2.20. The van der Waals surface area contributed by atoms with E-state index in [-0.39, 0.29) is 13.2 Å². The number of benzene rings is 1. The summed E-state index contributed by atoms with van der Waals surface area (Å²) in [5, 5.41) is 17.9. The molecule has 0 saturated heterocycles. The minimum absolute atomic E-state index is 0.0236. The molecule has 1 aromatic carbocycles. The number of hydrogen-bond donors (Lipinski definition) is 2. The van der Waals surface area contributed by atoms with Gasteiger partial charge in [0.2, 0.25) is 0 Å². The maximum Gasteiger partial charge on any atom is 0.304 e.